The van der Waals surface area contributed by atoms with Crippen LogP contribution in [0.4, 0.5) is 6.01 Å². The first-order valence-electron chi connectivity index (χ1n) is 7.52. The number of anilines is 1. The summed E-state index contributed by atoms with van der Waals surface area (Å²) < 4.78 is 7.50. The molecule has 0 atom stereocenters. The number of oxazole rings is 1. The minimum absolute atomic E-state index is 0.169. The number of aryl methyl sites for hydroxylation is 1. The van der Waals surface area contributed by atoms with E-state index in [4.69, 9.17) is 4.42 Å². The van der Waals surface area contributed by atoms with Gasteiger partial charge in [0, 0.05) is 26.1 Å². The van der Waals surface area contributed by atoms with E-state index in [0.29, 0.717) is 37.9 Å². The smallest absolute Gasteiger partial charge is 0.295 e. The van der Waals surface area contributed by atoms with Crippen LogP contribution in [0.2, 0.25) is 0 Å². The van der Waals surface area contributed by atoms with Crippen LogP contribution in [0.3, 0.4) is 0 Å². The van der Waals surface area contributed by atoms with Crippen LogP contribution in [0.25, 0.3) is 11.1 Å². The summed E-state index contributed by atoms with van der Waals surface area (Å²) in [6, 6.07) is 6.38. The molecule has 1 aliphatic heterocycles. The molecule has 118 valence electrons. The fraction of sp³-hybridized carbons (Fsp3) is 0.333. The van der Waals surface area contributed by atoms with E-state index in [0.717, 1.165) is 22.5 Å². The van der Waals surface area contributed by atoms with Crippen LogP contribution in [0.5, 0.6) is 0 Å². The Morgan fingerprint density at radius 3 is 3.22 bits per heavy atom. The van der Waals surface area contributed by atoms with E-state index in [1.807, 2.05) is 29.7 Å². The Morgan fingerprint density at radius 1 is 1.39 bits per heavy atom. The fourth-order valence-corrected chi connectivity index (χ4v) is 2.68. The van der Waals surface area contributed by atoms with Gasteiger partial charge in [-0.25, -0.2) is 0 Å². The molecular formula is C15H16N6O2. The van der Waals surface area contributed by atoms with Gasteiger partial charge in [0.25, 0.3) is 11.9 Å². The standard InChI is InChI=1S/C15H16N6O2/c1-9-2-3-11-10(8-9)18-15(23-11)17-5-4-12-19-20-13-14(22)16-6-7-21(12)13/h2-3,8H,4-7H2,1H3,(H,16,22)(H,17,18). The van der Waals surface area contributed by atoms with Crippen molar-refractivity contribution in [2.24, 2.45) is 0 Å². The molecule has 3 heterocycles. The second-order valence-electron chi connectivity index (χ2n) is 5.51. The van der Waals surface area contributed by atoms with Gasteiger partial charge in [-0.2, -0.15) is 4.98 Å². The Balaban J connectivity index is 1.44. The zero-order chi connectivity index (χ0) is 15.8. The van der Waals surface area contributed by atoms with Crippen LogP contribution in [0, 0.1) is 6.92 Å². The lowest BCUT2D eigenvalue weighted by atomic mass is 10.2. The van der Waals surface area contributed by atoms with E-state index in [2.05, 4.69) is 25.8 Å². The molecule has 8 heteroatoms. The number of carbonyl (C=O) groups is 1. The maximum Gasteiger partial charge on any atom is 0.295 e. The molecule has 0 saturated carbocycles. The number of benzene rings is 1. The highest BCUT2D eigenvalue weighted by atomic mass is 16.4. The molecule has 0 saturated heterocycles. The predicted octanol–water partition coefficient (Wildman–Crippen LogP) is 1.13. The molecule has 0 unspecified atom stereocenters. The summed E-state index contributed by atoms with van der Waals surface area (Å²) in [4.78, 5) is 16.1. The topological polar surface area (TPSA) is 97.9 Å². The summed E-state index contributed by atoms with van der Waals surface area (Å²) in [5.41, 5.74) is 2.74. The molecule has 2 aromatic heterocycles. The number of fused-ring (bicyclic) bond motifs is 2. The Labute approximate surface area is 131 Å². The van der Waals surface area contributed by atoms with E-state index in [1.54, 1.807) is 0 Å². The minimum Gasteiger partial charge on any atom is -0.424 e. The average molecular weight is 312 g/mol. The Bertz CT molecular complexity index is 881. The third-order valence-electron chi connectivity index (χ3n) is 3.82. The molecular weight excluding hydrogens is 296 g/mol. The van der Waals surface area contributed by atoms with E-state index >= 15 is 0 Å². The average Bonchev–Trinajstić information content (AvgIpc) is 3.12. The molecule has 3 aromatic rings. The van der Waals surface area contributed by atoms with Gasteiger partial charge in [-0.3, -0.25) is 4.79 Å². The number of hydrogen-bond acceptors (Lipinski definition) is 6. The summed E-state index contributed by atoms with van der Waals surface area (Å²) in [7, 11) is 0. The second kappa shape index (κ2) is 5.38. The predicted molar refractivity (Wildman–Crippen MR) is 83.3 cm³/mol. The van der Waals surface area contributed by atoms with Crippen molar-refractivity contribution < 1.29 is 9.21 Å². The van der Waals surface area contributed by atoms with Gasteiger partial charge in [-0.15, -0.1) is 10.2 Å². The number of nitrogens with zero attached hydrogens (tertiary/aromatic N) is 4. The molecule has 1 amide bonds. The highest BCUT2D eigenvalue weighted by Crippen LogP contribution is 2.19. The van der Waals surface area contributed by atoms with Crippen molar-refractivity contribution in [3.8, 4) is 0 Å². The van der Waals surface area contributed by atoms with E-state index in [9.17, 15) is 4.79 Å². The lowest BCUT2D eigenvalue weighted by molar-refractivity contribution is 0.0921. The van der Waals surface area contributed by atoms with Crippen molar-refractivity contribution in [1.29, 1.82) is 0 Å². The molecule has 0 aliphatic carbocycles. The minimum atomic E-state index is -0.169. The summed E-state index contributed by atoms with van der Waals surface area (Å²) in [5, 5.41) is 13.9. The van der Waals surface area contributed by atoms with Crippen LogP contribution >= 0.6 is 0 Å². The van der Waals surface area contributed by atoms with Gasteiger partial charge in [0.2, 0.25) is 5.82 Å². The number of aromatic nitrogens is 4. The van der Waals surface area contributed by atoms with Crippen LogP contribution in [-0.2, 0) is 13.0 Å². The number of nitrogens with one attached hydrogen (secondary N) is 2. The van der Waals surface area contributed by atoms with Crippen molar-refractivity contribution in [1.82, 2.24) is 25.1 Å². The summed E-state index contributed by atoms with van der Waals surface area (Å²) >= 11 is 0. The number of rotatable bonds is 4. The maximum atomic E-state index is 11.6. The van der Waals surface area contributed by atoms with Crippen molar-refractivity contribution >= 4 is 23.0 Å². The molecule has 1 aromatic carbocycles. The highest BCUT2D eigenvalue weighted by Gasteiger charge is 2.21. The zero-order valence-electron chi connectivity index (χ0n) is 12.7. The molecule has 0 radical (unpaired) electrons. The van der Waals surface area contributed by atoms with Crippen molar-refractivity contribution in [2.45, 2.75) is 19.9 Å². The van der Waals surface area contributed by atoms with Gasteiger partial charge < -0.3 is 19.6 Å². The van der Waals surface area contributed by atoms with Gasteiger partial charge in [0.15, 0.2) is 5.58 Å². The van der Waals surface area contributed by atoms with E-state index in [1.165, 1.54) is 0 Å². The molecule has 0 bridgehead atoms. The Hall–Kier alpha value is -2.90. The van der Waals surface area contributed by atoms with Gasteiger partial charge in [-0.05, 0) is 24.6 Å². The fourth-order valence-electron chi connectivity index (χ4n) is 2.68. The largest absolute Gasteiger partial charge is 0.424 e. The Morgan fingerprint density at radius 2 is 2.30 bits per heavy atom. The molecule has 0 fully saturated rings. The van der Waals surface area contributed by atoms with Crippen molar-refractivity contribution in [3.05, 3.63) is 35.4 Å². The summed E-state index contributed by atoms with van der Waals surface area (Å²) in [6.07, 6.45) is 0.637. The van der Waals surface area contributed by atoms with Gasteiger partial charge in [0.05, 0.1) is 0 Å². The lowest BCUT2D eigenvalue weighted by Gasteiger charge is -2.15. The van der Waals surface area contributed by atoms with Gasteiger partial charge >= 0.3 is 0 Å². The SMILES string of the molecule is Cc1ccc2oc(NCCc3nnc4n3CCNC4=O)nc2c1. The van der Waals surface area contributed by atoms with E-state index in [-0.39, 0.29) is 5.91 Å². The highest BCUT2D eigenvalue weighted by molar-refractivity contribution is 5.91. The van der Waals surface area contributed by atoms with Crippen molar-refractivity contribution in [3.63, 3.8) is 0 Å². The number of amides is 1. The molecule has 2 N–H and O–H groups in total. The van der Waals surface area contributed by atoms with Crippen LogP contribution < -0.4 is 10.6 Å². The molecule has 0 spiro atoms. The number of hydrogen-bond donors (Lipinski definition) is 2. The zero-order valence-corrected chi connectivity index (χ0v) is 12.7. The lowest BCUT2D eigenvalue weighted by Crippen LogP contribution is -2.36. The van der Waals surface area contributed by atoms with Crippen molar-refractivity contribution in [2.75, 3.05) is 18.4 Å². The first-order valence-corrected chi connectivity index (χ1v) is 7.52. The van der Waals surface area contributed by atoms with E-state index < -0.39 is 0 Å². The Kier molecular flexibility index (Phi) is 3.22. The molecule has 8 nitrogen and oxygen atoms in total. The molecule has 4 rings (SSSR count). The third kappa shape index (κ3) is 2.52. The van der Waals surface area contributed by atoms with Crippen LogP contribution in [-0.4, -0.2) is 38.7 Å². The quantitative estimate of drug-likeness (QED) is 0.749. The third-order valence-corrected chi connectivity index (χ3v) is 3.82. The first-order chi connectivity index (χ1) is 11.2. The summed E-state index contributed by atoms with van der Waals surface area (Å²) in [6.45, 7) is 3.93. The molecule has 1 aliphatic rings. The second-order valence-corrected chi connectivity index (χ2v) is 5.51. The van der Waals surface area contributed by atoms with Gasteiger partial charge in [-0.1, -0.05) is 6.07 Å². The molecule has 23 heavy (non-hydrogen) atoms. The maximum absolute atomic E-state index is 11.6. The normalized spacial score (nSPS) is 13.9. The first kappa shape index (κ1) is 13.7. The van der Waals surface area contributed by atoms with Crippen LogP contribution in [0.15, 0.2) is 22.6 Å². The van der Waals surface area contributed by atoms with Crippen LogP contribution in [0.1, 0.15) is 22.0 Å². The summed E-state index contributed by atoms with van der Waals surface area (Å²) in [5.74, 6) is 0.996. The monoisotopic (exact) mass is 312 g/mol. The van der Waals surface area contributed by atoms with Gasteiger partial charge in [0.1, 0.15) is 11.3 Å². The number of carbonyl (C=O) groups excluding carboxylic acids is 1.